The van der Waals surface area contributed by atoms with Gasteiger partial charge in [-0.1, -0.05) is 23.7 Å². The highest BCUT2D eigenvalue weighted by atomic mass is 35.5. The fourth-order valence-electron chi connectivity index (χ4n) is 3.71. The highest BCUT2D eigenvalue weighted by molar-refractivity contribution is 7.16. The first-order valence-electron chi connectivity index (χ1n) is 12.1. The number of thiazole rings is 2. The lowest BCUT2D eigenvalue weighted by Crippen LogP contribution is -2.51. The van der Waals surface area contributed by atoms with Gasteiger partial charge in [0.25, 0.3) is 5.91 Å². The zero-order valence-corrected chi connectivity index (χ0v) is 23.2. The summed E-state index contributed by atoms with van der Waals surface area (Å²) in [6.07, 6.45) is -5.02. The van der Waals surface area contributed by atoms with E-state index in [1.54, 1.807) is 29.6 Å². The Morgan fingerprint density at radius 1 is 1.13 bits per heavy atom. The van der Waals surface area contributed by atoms with Crippen LogP contribution >= 0.6 is 34.3 Å². The van der Waals surface area contributed by atoms with Crippen molar-refractivity contribution in [2.45, 2.75) is 69.5 Å². The maximum absolute atomic E-state index is 13.2. The van der Waals surface area contributed by atoms with E-state index >= 15 is 0 Å². The molecule has 0 spiro atoms. The predicted octanol–water partition coefficient (Wildman–Crippen LogP) is 5.13. The number of carbonyl (C=O) groups excluding carboxylic acids is 2. The van der Waals surface area contributed by atoms with E-state index in [0.717, 1.165) is 22.7 Å². The van der Waals surface area contributed by atoms with Crippen LogP contribution in [0.15, 0.2) is 42.0 Å². The Bertz CT molecular complexity index is 1220. The standard InChI is InChI=1S/C25H28ClF3N4O4S2/c1-14(34)7-8-18(33-22(37)19-13-31-23(39-19)15-4-2-5-16(26)12-15)21(36)32-17(6-3-9-25(27,28)29)20(35)24-30-10-11-38-24/h2,4-5,10-14,17-18,20,34-35H,3,6-9H2,1H3,(H,32,36)(H,33,37)/t14?,17-,18-,20?/m0/s1. The van der Waals surface area contributed by atoms with Gasteiger partial charge in [0.1, 0.15) is 27.0 Å². The number of aromatic nitrogens is 2. The molecule has 2 aromatic heterocycles. The molecule has 0 aliphatic heterocycles. The van der Waals surface area contributed by atoms with E-state index in [1.165, 1.54) is 19.3 Å². The highest BCUT2D eigenvalue weighted by Gasteiger charge is 2.32. The fourth-order valence-corrected chi connectivity index (χ4v) is 5.40. The van der Waals surface area contributed by atoms with Gasteiger partial charge in [-0.2, -0.15) is 13.2 Å². The monoisotopic (exact) mass is 604 g/mol. The molecule has 4 N–H and O–H groups in total. The van der Waals surface area contributed by atoms with Crippen LogP contribution in [-0.4, -0.2) is 56.4 Å². The summed E-state index contributed by atoms with van der Waals surface area (Å²) in [4.78, 5) is 34.7. The van der Waals surface area contributed by atoms with E-state index < -0.39 is 48.7 Å². The van der Waals surface area contributed by atoms with Gasteiger partial charge in [0.15, 0.2) is 0 Å². The van der Waals surface area contributed by atoms with Crippen molar-refractivity contribution in [2.24, 2.45) is 0 Å². The molecule has 0 aliphatic rings. The Labute approximate surface area is 236 Å². The third-order valence-electron chi connectivity index (χ3n) is 5.68. The molecule has 39 heavy (non-hydrogen) atoms. The molecular formula is C25H28ClF3N4O4S2. The average molecular weight is 605 g/mol. The van der Waals surface area contributed by atoms with E-state index in [4.69, 9.17) is 11.6 Å². The summed E-state index contributed by atoms with van der Waals surface area (Å²) < 4.78 is 38.2. The molecule has 0 fully saturated rings. The minimum absolute atomic E-state index is 0.0534. The van der Waals surface area contributed by atoms with Crippen molar-refractivity contribution in [2.75, 3.05) is 0 Å². The van der Waals surface area contributed by atoms with Crippen LogP contribution in [0, 0.1) is 0 Å². The lowest BCUT2D eigenvalue weighted by Gasteiger charge is -2.26. The summed E-state index contributed by atoms with van der Waals surface area (Å²) in [5.74, 6) is -1.28. The van der Waals surface area contributed by atoms with E-state index in [9.17, 15) is 33.0 Å². The van der Waals surface area contributed by atoms with Crippen molar-refractivity contribution in [3.8, 4) is 10.6 Å². The van der Waals surface area contributed by atoms with Gasteiger partial charge in [-0.3, -0.25) is 9.59 Å². The zero-order chi connectivity index (χ0) is 28.6. The Morgan fingerprint density at radius 2 is 1.90 bits per heavy atom. The van der Waals surface area contributed by atoms with Gasteiger partial charge in [0.2, 0.25) is 5.91 Å². The first kappa shape index (κ1) is 31.0. The van der Waals surface area contributed by atoms with Crippen LogP contribution in [-0.2, 0) is 4.79 Å². The number of amides is 2. The van der Waals surface area contributed by atoms with E-state index in [-0.39, 0.29) is 35.6 Å². The highest BCUT2D eigenvalue weighted by Crippen LogP contribution is 2.28. The van der Waals surface area contributed by atoms with Crippen LogP contribution in [0.1, 0.15) is 59.8 Å². The predicted molar refractivity (Wildman–Crippen MR) is 144 cm³/mol. The largest absolute Gasteiger partial charge is 0.393 e. The molecule has 3 rings (SSSR count). The number of hydrogen-bond acceptors (Lipinski definition) is 8. The molecule has 2 amide bonds. The number of halogens is 4. The molecule has 2 unspecified atom stereocenters. The molecule has 14 heteroatoms. The molecule has 0 aliphatic carbocycles. The maximum Gasteiger partial charge on any atom is 0.389 e. The number of nitrogens with one attached hydrogen (secondary N) is 2. The minimum Gasteiger partial charge on any atom is -0.393 e. The number of hydrogen-bond donors (Lipinski definition) is 4. The van der Waals surface area contributed by atoms with Crippen molar-refractivity contribution in [1.82, 2.24) is 20.6 Å². The van der Waals surface area contributed by atoms with Crippen molar-refractivity contribution in [1.29, 1.82) is 0 Å². The van der Waals surface area contributed by atoms with Gasteiger partial charge < -0.3 is 20.8 Å². The second kappa shape index (κ2) is 14.2. The van der Waals surface area contributed by atoms with Gasteiger partial charge in [0, 0.05) is 28.6 Å². The Morgan fingerprint density at radius 3 is 2.54 bits per heavy atom. The summed E-state index contributed by atoms with van der Waals surface area (Å²) in [7, 11) is 0. The first-order chi connectivity index (χ1) is 18.4. The van der Waals surface area contributed by atoms with Gasteiger partial charge >= 0.3 is 6.18 Å². The lowest BCUT2D eigenvalue weighted by molar-refractivity contribution is -0.136. The van der Waals surface area contributed by atoms with Crippen molar-refractivity contribution >= 4 is 46.1 Å². The molecule has 3 aromatic rings. The summed E-state index contributed by atoms with van der Waals surface area (Å²) in [6.45, 7) is 1.53. The molecule has 2 heterocycles. The third kappa shape index (κ3) is 9.84. The van der Waals surface area contributed by atoms with Crippen molar-refractivity contribution in [3.63, 3.8) is 0 Å². The van der Waals surface area contributed by atoms with Crippen LogP contribution in [0.4, 0.5) is 13.2 Å². The molecule has 8 nitrogen and oxygen atoms in total. The summed E-state index contributed by atoms with van der Waals surface area (Å²) in [5, 5.41) is 28.6. The fraction of sp³-hybridized carbons (Fsp3) is 0.440. The average Bonchev–Trinajstić information content (AvgIpc) is 3.57. The quantitative estimate of drug-likeness (QED) is 0.214. The lowest BCUT2D eigenvalue weighted by atomic mass is 10.0. The van der Waals surface area contributed by atoms with Crippen LogP contribution in [0.25, 0.3) is 10.6 Å². The topological polar surface area (TPSA) is 124 Å². The maximum atomic E-state index is 13.2. The number of alkyl halides is 3. The van der Waals surface area contributed by atoms with E-state index in [2.05, 4.69) is 20.6 Å². The summed E-state index contributed by atoms with van der Waals surface area (Å²) in [5.41, 5.74) is 0.716. The number of aliphatic hydroxyl groups is 2. The van der Waals surface area contributed by atoms with Gasteiger partial charge in [-0.25, -0.2) is 9.97 Å². The van der Waals surface area contributed by atoms with Crippen LogP contribution in [0.3, 0.4) is 0 Å². The first-order valence-corrected chi connectivity index (χ1v) is 14.2. The molecular weight excluding hydrogens is 577 g/mol. The number of aliphatic hydroxyl groups excluding tert-OH is 2. The Balaban J connectivity index is 1.74. The number of carbonyl (C=O) groups is 2. The number of rotatable bonds is 13. The summed E-state index contributed by atoms with van der Waals surface area (Å²) in [6, 6.07) is 4.75. The normalized spacial score (nSPS) is 14.8. The van der Waals surface area contributed by atoms with Gasteiger partial charge in [0.05, 0.1) is 18.3 Å². The SMILES string of the molecule is CC(O)CC[C@H](NC(=O)c1cnc(-c2cccc(Cl)c2)s1)C(=O)N[C@@H](CCCC(F)(F)F)C(O)c1nccs1. The second-order valence-electron chi connectivity index (χ2n) is 8.93. The molecule has 212 valence electrons. The molecule has 0 bridgehead atoms. The number of benzene rings is 1. The van der Waals surface area contributed by atoms with E-state index in [0.29, 0.717) is 15.6 Å². The van der Waals surface area contributed by atoms with Crippen LogP contribution in [0.5, 0.6) is 0 Å². The van der Waals surface area contributed by atoms with Crippen molar-refractivity contribution < 1.29 is 33.0 Å². The third-order valence-corrected chi connectivity index (χ3v) is 7.81. The smallest absolute Gasteiger partial charge is 0.389 e. The van der Waals surface area contributed by atoms with Crippen molar-refractivity contribution in [3.05, 3.63) is 56.9 Å². The second-order valence-corrected chi connectivity index (χ2v) is 11.3. The van der Waals surface area contributed by atoms with Crippen LogP contribution < -0.4 is 10.6 Å². The van der Waals surface area contributed by atoms with Crippen LogP contribution in [0.2, 0.25) is 5.02 Å². The molecule has 4 atom stereocenters. The molecule has 0 radical (unpaired) electrons. The summed E-state index contributed by atoms with van der Waals surface area (Å²) >= 11 is 8.24. The molecule has 0 saturated carbocycles. The van der Waals surface area contributed by atoms with E-state index in [1.807, 2.05) is 0 Å². The number of nitrogens with zero attached hydrogens (tertiary/aromatic N) is 2. The zero-order valence-electron chi connectivity index (χ0n) is 20.8. The Kier molecular flexibility index (Phi) is 11.2. The Hall–Kier alpha value is -2.58. The van der Waals surface area contributed by atoms with Gasteiger partial charge in [-0.05, 0) is 44.7 Å². The molecule has 0 saturated heterocycles. The van der Waals surface area contributed by atoms with Gasteiger partial charge in [-0.15, -0.1) is 22.7 Å². The minimum atomic E-state index is -4.38. The molecule has 1 aromatic carbocycles.